The summed E-state index contributed by atoms with van der Waals surface area (Å²) in [4.78, 5) is 15.6. The normalized spacial score (nSPS) is 20.0. The van der Waals surface area contributed by atoms with E-state index < -0.39 is 0 Å². The number of nitrogens with one attached hydrogen (secondary N) is 2. The Kier molecular flexibility index (Phi) is 3.85. The van der Waals surface area contributed by atoms with Crippen molar-refractivity contribution in [1.29, 1.82) is 0 Å². The Hall–Kier alpha value is -2.37. The summed E-state index contributed by atoms with van der Waals surface area (Å²) < 4.78 is 1.70. The van der Waals surface area contributed by atoms with Gasteiger partial charge in [-0.25, -0.2) is 14.5 Å². The summed E-state index contributed by atoms with van der Waals surface area (Å²) >= 11 is 0. The minimum atomic E-state index is -0.102. The molecule has 1 saturated carbocycles. The molecule has 1 aromatic carbocycles. The van der Waals surface area contributed by atoms with Crippen LogP contribution in [0.5, 0.6) is 0 Å². The SMILES string of the molecule is CC1CC1CNC(=O)NCc1ccc(-n2cncn2)cc1. The average molecular weight is 285 g/mol. The molecule has 0 bridgehead atoms. The quantitative estimate of drug-likeness (QED) is 0.878. The van der Waals surface area contributed by atoms with E-state index in [-0.39, 0.29) is 6.03 Å². The van der Waals surface area contributed by atoms with E-state index in [4.69, 9.17) is 0 Å². The van der Waals surface area contributed by atoms with Crippen LogP contribution >= 0.6 is 0 Å². The lowest BCUT2D eigenvalue weighted by Gasteiger charge is -2.08. The fraction of sp³-hybridized carbons (Fsp3) is 0.400. The van der Waals surface area contributed by atoms with Crippen LogP contribution in [0.25, 0.3) is 5.69 Å². The molecule has 1 aliphatic rings. The second-order valence-corrected chi connectivity index (χ2v) is 5.54. The molecule has 6 nitrogen and oxygen atoms in total. The first kappa shape index (κ1) is 13.6. The number of aromatic nitrogens is 3. The van der Waals surface area contributed by atoms with Crippen LogP contribution in [0.1, 0.15) is 18.9 Å². The van der Waals surface area contributed by atoms with Gasteiger partial charge in [-0.15, -0.1) is 0 Å². The molecule has 1 aliphatic carbocycles. The summed E-state index contributed by atoms with van der Waals surface area (Å²) in [6.45, 7) is 3.50. The predicted octanol–water partition coefficient (Wildman–Crippen LogP) is 1.72. The molecule has 21 heavy (non-hydrogen) atoms. The minimum absolute atomic E-state index is 0.102. The number of rotatable bonds is 5. The lowest BCUT2D eigenvalue weighted by atomic mass is 10.2. The van der Waals surface area contributed by atoms with Crippen molar-refractivity contribution in [2.45, 2.75) is 19.9 Å². The molecule has 6 heteroatoms. The van der Waals surface area contributed by atoms with Crippen LogP contribution in [-0.4, -0.2) is 27.3 Å². The lowest BCUT2D eigenvalue weighted by molar-refractivity contribution is 0.240. The first-order chi connectivity index (χ1) is 10.2. The monoisotopic (exact) mass is 285 g/mol. The largest absolute Gasteiger partial charge is 0.338 e. The molecular formula is C15H19N5O. The first-order valence-corrected chi connectivity index (χ1v) is 7.18. The number of carbonyl (C=O) groups excluding carboxylic acids is 1. The van der Waals surface area contributed by atoms with Crippen LogP contribution in [0, 0.1) is 11.8 Å². The van der Waals surface area contributed by atoms with Crippen molar-refractivity contribution in [1.82, 2.24) is 25.4 Å². The fourth-order valence-corrected chi connectivity index (χ4v) is 2.26. The average Bonchev–Trinajstić information content (AvgIpc) is 2.99. The van der Waals surface area contributed by atoms with Gasteiger partial charge in [0, 0.05) is 13.1 Å². The van der Waals surface area contributed by atoms with Gasteiger partial charge in [-0.2, -0.15) is 5.10 Å². The van der Waals surface area contributed by atoms with Gasteiger partial charge in [-0.05, 0) is 36.0 Å². The number of hydrogen-bond donors (Lipinski definition) is 2. The number of benzene rings is 1. The van der Waals surface area contributed by atoms with Crippen LogP contribution in [-0.2, 0) is 6.54 Å². The van der Waals surface area contributed by atoms with Crippen molar-refractivity contribution in [2.24, 2.45) is 11.8 Å². The zero-order chi connectivity index (χ0) is 14.7. The van der Waals surface area contributed by atoms with Crippen LogP contribution in [0.2, 0.25) is 0 Å². The number of nitrogens with zero attached hydrogens (tertiary/aromatic N) is 3. The van der Waals surface area contributed by atoms with Gasteiger partial charge in [0.1, 0.15) is 12.7 Å². The molecule has 1 aromatic heterocycles. The molecule has 0 spiro atoms. The van der Waals surface area contributed by atoms with Gasteiger partial charge >= 0.3 is 6.03 Å². The summed E-state index contributed by atoms with van der Waals surface area (Å²) in [5, 5.41) is 9.84. The first-order valence-electron chi connectivity index (χ1n) is 7.18. The second-order valence-electron chi connectivity index (χ2n) is 5.54. The molecule has 0 saturated heterocycles. The van der Waals surface area contributed by atoms with Crippen LogP contribution < -0.4 is 10.6 Å². The summed E-state index contributed by atoms with van der Waals surface area (Å²) in [6, 6.07) is 7.75. The van der Waals surface area contributed by atoms with E-state index in [1.54, 1.807) is 11.0 Å². The van der Waals surface area contributed by atoms with Gasteiger partial charge in [0.2, 0.25) is 0 Å². The van der Waals surface area contributed by atoms with E-state index in [2.05, 4.69) is 27.6 Å². The minimum Gasteiger partial charge on any atom is -0.338 e. The smallest absolute Gasteiger partial charge is 0.315 e. The maximum Gasteiger partial charge on any atom is 0.315 e. The highest BCUT2D eigenvalue weighted by atomic mass is 16.2. The maximum atomic E-state index is 11.7. The summed E-state index contributed by atoms with van der Waals surface area (Å²) in [5.41, 5.74) is 2.00. The molecule has 1 heterocycles. The highest BCUT2D eigenvalue weighted by Crippen LogP contribution is 2.36. The zero-order valence-corrected chi connectivity index (χ0v) is 12.0. The van der Waals surface area contributed by atoms with Gasteiger partial charge in [0.05, 0.1) is 5.69 Å². The van der Waals surface area contributed by atoms with Crippen LogP contribution in [0.4, 0.5) is 4.79 Å². The third-order valence-corrected chi connectivity index (χ3v) is 3.87. The molecule has 110 valence electrons. The standard InChI is InChI=1S/C15H19N5O/c1-11-6-13(11)8-18-15(21)17-7-12-2-4-14(5-3-12)20-10-16-9-19-20/h2-5,9-11,13H,6-8H2,1H3,(H2,17,18,21). The molecule has 1 fully saturated rings. The number of amides is 2. The molecule has 2 amide bonds. The Morgan fingerprint density at radius 2 is 2.10 bits per heavy atom. The van der Waals surface area contributed by atoms with E-state index in [0.717, 1.165) is 23.7 Å². The predicted molar refractivity (Wildman–Crippen MR) is 78.9 cm³/mol. The molecule has 2 N–H and O–H groups in total. The van der Waals surface area contributed by atoms with Crippen LogP contribution in [0.15, 0.2) is 36.9 Å². The molecule has 3 rings (SSSR count). The Bertz CT molecular complexity index is 593. The third-order valence-electron chi connectivity index (χ3n) is 3.87. The summed E-state index contributed by atoms with van der Waals surface area (Å²) in [7, 11) is 0. The Balaban J connectivity index is 1.45. The molecule has 2 aromatic rings. The number of carbonyl (C=O) groups is 1. The molecule has 0 radical (unpaired) electrons. The number of hydrogen-bond acceptors (Lipinski definition) is 3. The van der Waals surface area contributed by atoms with Gasteiger partial charge < -0.3 is 10.6 Å². The molecular weight excluding hydrogens is 266 g/mol. The van der Waals surface area contributed by atoms with E-state index in [1.165, 1.54) is 12.7 Å². The van der Waals surface area contributed by atoms with Gasteiger partial charge in [0.15, 0.2) is 0 Å². The van der Waals surface area contributed by atoms with E-state index >= 15 is 0 Å². The Labute approximate surface area is 123 Å². The Morgan fingerprint density at radius 1 is 1.33 bits per heavy atom. The lowest BCUT2D eigenvalue weighted by Crippen LogP contribution is -2.36. The fourth-order valence-electron chi connectivity index (χ4n) is 2.26. The Morgan fingerprint density at radius 3 is 2.71 bits per heavy atom. The van der Waals surface area contributed by atoms with Gasteiger partial charge in [0.25, 0.3) is 0 Å². The van der Waals surface area contributed by atoms with Crippen molar-refractivity contribution < 1.29 is 4.79 Å². The van der Waals surface area contributed by atoms with Crippen LogP contribution in [0.3, 0.4) is 0 Å². The van der Waals surface area contributed by atoms with Crippen molar-refractivity contribution in [3.63, 3.8) is 0 Å². The highest BCUT2D eigenvalue weighted by molar-refractivity contribution is 5.73. The highest BCUT2D eigenvalue weighted by Gasteiger charge is 2.32. The molecule has 2 unspecified atom stereocenters. The van der Waals surface area contributed by atoms with E-state index in [1.807, 2.05) is 24.3 Å². The zero-order valence-electron chi connectivity index (χ0n) is 12.0. The van der Waals surface area contributed by atoms with Crippen molar-refractivity contribution in [2.75, 3.05) is 6.54 Å². The maximum absolute atomic E-state index is 11.7. The molecule has 2 atom stereocenters. The van der Waals surface area contributed by atoms with E-state index in [9.17, 15) is 4.79 Å². The number of urea groups is 1. The van der Waals surface area contributed by atoms with Crippen molar-refractivity contribution >= 4 is 6.03 Å². The van der Waals surface area contributed by atoms with Gasteiger partial charge in [-0.3, -0.25) is 0 Å². The van der Waals surface area contributed by atoms with Gasteiger partial charge in [-0.1, -0.05) is 19.1 Å². The molecule has 0 aliphatic heterocycles. The second kappa shape index (κ2) is 5.95. The van der Waals surface area contributed by atoms with E-state index in [0.29, 0.717) is 12.5 Å². The van der Waals surface area contributed by atoms with Crippen molar-refractivity contribution in [3.05, 3.63) is 42.5 Å². The topological polar surface area (TPSA) is 71.8 Å². The third kappa shape index (κ3) is 3.59. The van der Waals surface area contributed by atoms with Crippen molar-refractivity contribution in [3.8, 4) is 5.69 Å². The summed E-state index contributed by atoms with van der Waals surface area (Å²) in [6.07, 6.45) is 4.38. The summed E-state index contributed by atoms with van der Waals surface area (Å²) in [5.74, 6) is 1.42.